The van der Waals surface area contributed by atoms with E-state index in [2.05, 4.69) is 15.6 Å². The third kappa shape index (κ3) is 7.52. The highest BCUT2D eigenvalue weighted by Crippen LogP contribution is 2.21. The summed E-state index contributed by atoms with van der Waals surface area (Å²) >= 11 is 0. The standard InChI is InChI=1S/C30H36N6O6/c31-21(16-19-17-33-22-10-5-4-9-20(19)22)27(38)34-23(12-13-26(32)37)28(39)35-24(15-18-7-2-1-3-8-18)29(40)36-14-6-11-25(36)30(41)42/h1-5,7-10,17,21,23-25,33H,6,11-16,31H2,(H2,32,37)(H,34,38)(H,35,39)(H,41,42). The van der Waals surface area contributed by atoms with Gasteiger partial charge in [-0.2, -0.15) is 0 Å². The van der Waals surface area contributed by atoms with Crippen molar-refractivity contribution in [2.45, 2.75) is 62.7 Å². The van der Waals surface area contributed by atoms with Gasteiger partial charge in [-0.1, -0.05) is 48.5 Å². The fourth-order valence-electron chi connectivity index (χ4n) is 5.27. The Balaban J connectivity index is 1.50. The highest BCUT2D eigenvalue weighted by Gasteiger charge is 2.38. The van der Waals surface area contributed by atoms with E-state index in [0.29, 0.717) is 12.8 Å². The first kappa shape index (κ1) is 30.3. The Hall–Kier alpha value is -4.71. The number of nitrogens with zero attached hydrogens (tertiary/aromatic N) is 1. The molecule has 12 nitrogen and oxygen atoms in total. The lowest BCUT2D eigenvalue weighted by Gasteiger charge is -2.29. The van der Waals surface area contributed by atoms with E-state index in [1.807, 2.05) is 30.3 Å². The molecule has 2 heterocycles. The molecule has 4 amide bonds. The molecule has 4 atom stereocenters. The molecule has 222 valence electrons. The number of nitrogens with two attached hydrogens (primary N) is 2. The third-order valence-electron chi connectivity index (χ3n) is 7.48. The quantitative estimate of drug-likeness (QED) is 0.171. The number of fused-ring (bicyclic) bond motifs is 1. The highest BCUT2D eigenvalue weighted by atomic mass is 16.4. The number of benzene rings is 2. The van der Waals surface area contributed by atoms with Gasteiger partial charge < -0.3 is 37.1 Å². The maximum atomic E-state index is 13.6. The van der Waals surface area contributed by atoms with Gasteiger partial charge in [0, 0.05) is 36.5 Å². The molecule has 0 aliphatic carbocycles. The van der Waals surface area contributed by atoms with Crippen molar-refractivity contribution in [1.82, 2.24) is 20.5 Å². The van der Waals surface area contributed by atoms with E-state index in [1.165, 1.54) is 4.90 Å². The molecule has 1 aromatic heterocycles. The van der Waals surface area contributed by atoms with E-state index in [1.54, 1.807) is 30.5 Å². The molecule has 0 saturated carbocycles. The number of aromatic nitrogens is 1. The van der Waals surface area contributed by atoms with Crippen LogP contribution < -0.4 is 22.1 Å². The largest absolute Gasteiger partial charge is 0.480 e. The minimum absolute atomic E-state index is 0.102. The van der Waals surface area contributed by atoms with Crippen molar-refractivity contribution in [2.24, 2.45) is 11.5 Å². The summed E-state index contributed by atoms with van der Waals surface area (Å²) in [6, 6.07) is 12.3. The van der Waals surface area contributed by atoms with Crippen molar-refractivity contribution in [1.29, 1.82) is 0 Å². The Morgan fingerprint density at radius 1 is 0.952 bits per heavy atom. The number of hydrogen-bond donors (Lipinski definition) is 6. The number of amides is 4. The van der Waals surface area contributed by atoms with Crippen LogP contribution in [-0.4, -0.2) is 75.3 Å². The van der Waals surface area contributed by atoms with Gasteiger partial charge in [-0.3, -0.25) is 19.2 Å². The van der Waals surface area contributed by atoms with Crippen LogP contribution >= 0.6 is 0 Å². The number of aliphatic carboxylic acids is 1. The molecule has 0 bridgehead atoms. The van der Waals surface area contributed by atoms with Gasteiger partial charge in [-0.25, -0.2) is 4.79 Å². The van der Waals surface area contributed by atoms with Crippen molar-refractivity contribution in [3.05, 3.63) is 71.9 Å². The fraction of sp³-hybridized carbons (Fsp3) is 0.367. The second-order valence-corrected chi connectivity index (χ2v) is 10.5. The Kier molecular flexibility index (Phi) is 9.92. The molecule has 4 unspecified atom stereocenters. The second kappa shape index (κ2) is 13.8. The molecule has 3 aromatic rings. The summed E-state index contributed by atoms with van der Waals surface area (Å²) in [7, 11) is 0. The third-order valence-corrected chi connectivity index (χ3v) is 7.48. The van der Waals surface area contributed by atoms with E-state index in [-0.39, 0.29) is 32.2 Å². The summed E-state index contributed by atoms with van der Waals surface area (Å²) in [5.41, 5.74) is 14.0. The zero-order valence-electron chi connectivity index (χ0n) is 23.1. The number of nitrogens with one attached hydrogen (secondary N) is 3. The van der Waals surface area contributed by atoms with Crippen molar-refractivity contribution < 1.29 is 29.1 Å². The Labute approximate surface area is 242 Å². The van der Waals surface area contributed by atoms with Crippen molar-refractivity contribution in [3.8, 4) is 0 Å². The molecule has 42 heavy (non-hydrogen) atoms. The molecule has 1 saturated heterocycles. The van der Waals surface area contributed by atoms with Gasteiger partial charge >= 0.3 is 5.97 Å². The molecule has 2 aromatic carbocycles. The van der Waals surface area contributed by atoms with Crippen LogP contribution in [0.3, 0.4) is 0 Å². The van der Waals surface area contributed by atoms with Crippen LogP contribution in [0.1, 0.15) is 36.8 Å². The van der Waals surface area contributed by atoms with Crippen molar-refractivity contribution >= 4 is 40.5 Å². The van der Waals surface area contributed by atoms with E-state index in [4.69, 9.17) is 11.5 Å². The van der Waals surface area contributed by atoms with Gasteiger partial charge in [-0.05, 0) is 42.9 Å². The molecule has 0 radical (unpaired) electrons. The average Bonchev–Trinajstić information content (AvgIpc) is 3.63. The van der Waals surface area contributed by atoms with E-state index < -0.39 is 53.8 Å². The molecular formula is C30H36N6O6. The number of primary amides is 1. The Morgan fingerprint density at radius 3 is 2.36 bits per heavy atom. The predicted octanol–water partition coefficient (Wildman–Crippen LogP) is 0.591. The Morgan fingerprint density at radius 2 is 1.64 bits per heavy atom. The lowest BCUT2D eigenvalue weighted by Crippen LogP contribution is -2.58. The molecule has 8 N–H and O–H groups in total. The van der Waals surface area contributed by atoms with Gasteiger partial charge in [0.1, 0.15) is 18.1 Å². The van der Waals surface area contributed by atoms with Crippen LogP contribution in [0.15, 0.2) is 60.8 Å². The first-order valence-corrected chi connectivity index (χ1v) is 13.9. The summed E-state index contributed by atoms with van der Waals surface area (Å²) in [6.07, 6.45) is 2.61. The van der Waals surface area contributed by atoms with Crippen LogP contribution in [0.5, 0.6) is 0 Å². The van der Waals surface area contributed by atoms with Gasteiger partial charge in [0.2, 0.25) is 23.6 Å². The number of carboxylic acids is 1. The molecule has 4 rings (SSSR count). The van der Waals surface area contributed by atoms with Crippen LogP contribution in [0.2, 0.25) is 0 Å². The molecule has 1 aliphatic rings. The van der Waals surface area contributed by atoms with Gasteiger partial charge in [0.15, 0.2) is 0 Å². The topological polar surface area (TPSA) is 201 Å². The number of rotatable bonds is 13. The second-order valence-electron chi connectivity index (χ2n) is 10.5. The SMILES string of the molecule is NC(=O)CCC(NC(=O)C(N)Cc1c[nH]c2ccccc12)C(=O)NC(Cc1ccccc1)C(=O)N1CCCC1C(=O)O. The van der Waals surface area contributed by atoms with Crippen LogP contribution in [-0.2, 0) is 36.8 Å². The van der Waals surface area contributed by atoms with Crippen molar-refractivity contribution in [2.75, 3.05) is 6.54 Å². The summed E-state index contributed by atoms with van der Waals surface area (Å²) in [6.45, 7) is 0.251. The molecule has 12 heteroatoms. The van der Waals surface area contributed by atoms with E-state index >= 15 is 0 Å². The highest BCUT2D eigenvalue weighted by molar-refractivity contribution is 5.95. The van der Waals surface area contributed by atoms with Crippen LogP contribution in [0, 0.1) is 0 Å². The molecule has 1 aliphatic heterocycles. The number of carboxylic acid groups (broad SMARTS) is 1. The number of likely N-dealkylation sites (tertiary alicyclic amines) is 1. The zero-order chi connectivity index (χ0) is 30.2. The summed E-state index contributed by atoms with van der Waals surface area (Å²) in [4.78, 5) is 67.9. The predicted molar refractivity (Wildman–Crippen MR) is 155 cm³/mol. The maximum Gasteiger partial charge on any atom is 0.326 e. The first-order valence-electron chi connectivity index (χ1n) is 13.9. The van der Waals surface area contributed by atoms with Gasteiger partial charge in [0.05, 0.1) is 6.04 Å². The lowest BCUT2D eigenvalue weighted by atomic mass is 10.0. The van der Waals surface area contributed by atoms with Crippen LogP contribution in [0.4, 0.5) is 0 Å². The van der Waals surface area contributed by atoms with Gasteiger partial charge in [0.25, 0.3) is 0 Å². The monoisotopic (exact) mass is 576 g/mol. The summed E-state index contributed by atoms with van der Waals surface area (Å²) < 4.78 is 0. The normalized spacial score (nSPS) is 16.9. The lowest BCUT2D eigenvalue weighted by molar-refractivity contribution is -0.149. The number of aromatic amines is 1. The van der Waals surface area contributed by atoms with E-state index in [0.717, 1.165) is 22.0 Å². The number of hydrogen-bond acceptors (Lipinski definition) is 6. The molecule has 0 spiro atoms. The number of carbonyl (C=O) groups excluding carboxylic acids is 4. The summed E-state index contributed by atoms with van der Waals surface area (Å²) in [5, 5.41) is 15.9. The number of para-hydroxylation sites is 1. The van der Waals surface area contributed by atoms with Crippen LogP contribution in [0.25, 0.3) is 10.9 Å². The Bertz CT molecular complexity index is 1440. The zero-order valence-corrected chi connectivity index (χ0v) is 23.1. The van der Waals surface area contributed by atoms with Crippen molar-refractivity contribution in [3.63, 3.8) is 0 Å². The first-order chi connectivity index (χ1) is 20.1. The molecular weight excluding hydrogens is 540 g/mol. The minimum Gasteiger partial charge on any atom is -0.480 e. The molecule has 1 fully saturated rings. The summed E-state index contributed by atoms with van der Waals surface area (Å²) in [5.74, 6) is -3.62. The number of carbonyl (C=O) groups is 5. The fourth-order valence-corrected chi connectivity index (χ4v) is 5.27. The minimum atomic E-state index is -1.21. The smallest absolute Gasteiger partial charge is 0.326 e. The van der Waals surface area contributed by atoms with Gasteiger partial charge in [-0.15, -0.1) is 0 Å². The average molecular weight is 577 g/mol. The maximum absolute atomic E-state index is 13.6. The van der Waals surface area contributed by atoms with E-state index in [9.17, 15) is 29.1 Å². The number of H-pyrrole nitrogens is 1.